The van der Waals surface area contributed by atoms with Crippen LogP contribution in [0.25, 0.3) is 0 Å². The van der Waals surface area contributed by atoms with Crippen LogP contribution >= 0.6 is 0 Å². The van der Waals surface area contributed by atoms with E-state index in [0.717, 1.165) is 70.0 Å². The van der Waals surface area contributed by atoms with Crippen molar-refractivity contribution in [3.05, 3.63) is 53.1 Å². The first-order valence-electron chi connectivity index (χ1n) is 14.3. The maximum absolute atomic E-state index is 13.6. The molecule has 0 radical (unpaired) electrons. The van der Waals surface area contributed by atoms with Gasteiger partial charge in [0.15, 0.2) is 6.61 Å². The normalized spacial score (nSPS) is 25.7. The average Bonchev–Trinajstić information content (AvgIpc) is 3.74. The molecule has 2 heterocycles. The van der Waals surface area contributed by atoms with Gasteiger partial charge >= 0.3 is 5.97 Å². The van der Waals surface area contributed by atoms with Gasteiger partial charge in [-0.15, -0.1) is 0 Å². The number of hydrogen-bond donors (Lipinski definition) is 1. The number of phenolic OH excluding ortho intramolecular Hbond substituents is 1. The molecule has 2 aliphatic heterocycles. The van der Waals surface area contributed by atoms with Gasteiger partial charge in [0, 0.05) is 25.9 Å². The number of phenols is 1. The Bertz CT molecular complexity index is 1070. The molecule has 1 amide bonds. The Balaban J connectivity index is 1.63. The van der Waals surface area contributed by atoms with Crippen molar-refractivity contribution in [2.75, 3.05) is 19.7 Å². The van der Waals surface area contributed by atoms with Crippen molar-refractivity contribution < 1.29 is 24.3 Å². The van der Waals surface area contributed by atoms with Crippen molar-refractivity contribution >= 4 is 17.6 Å². The zero-order valence-corrected chi connectivity index (χ0v) is 22.9. The van der Waals surface area contributed by atoms with E-state index in [-0.39, 0.29) is 42.7 Å². The fraction of sp³-hybridized carbons (Fsp3) is 0.581. The lowest BCUT2D eigenvalue weighted by molar-refractivity contribution is -0.137. The summed E-state index contributed by atoms with van der Waals surface area (Å²) in [5, 5.41) is 14.9. The largest absolute Gasteiger partial charge is 0.508 e. The van der Waals surface area contributed by atoms with Crippen LogP contribution in [0.3, 0.4) is 0 Å². The minimum absolute atomic E-state index is 0.0581. The van der Waals surface area contributed by atoms with E-state index in [1.807, 2.05) is 11.0 Å². The first kappa shape index (κ1) is 27.9. The summed E-state index contributed by atoms with van der Waals surface area (Å²) in [6.07, 6.45) is 16.7. The number of aromatic hydroxyl groups is 1. The highest BCUT2D eigenvalue weighted by atomic mass is 16.6. The lowest BCUT2D eigenvalue weighted by Crippen LogP contribution is -2.37. The Morgan fingerprint density at radius 1 is 1.16 bits per heavy atom. The van der Waals surface area contributed by atoms with E-state index in [1.165, 1.54) is 0 Å². The Hall–Kier alpha value is -3.09. The fourth-order valence-electron chi connectivity index (χ4n) is 5.25. The number of oxime groups is 1. The first-order chi connectivity index (χ1) is 18.4. The molecule has 0 spiro atoms. The molecule has 1 aliphatic carbocycles. The Labute approximate surface area is 226 Å². The highest BCUT2D eigenvalue weighted by Crippen LogP contribution is 2.44. The predicted octanol–water partition coefficient (Wildman–Crippen LogP) is 6.07. The number of amides is 1. The number of carbonyl (C=O) groups excluding carboxylic acids is 2. The number of cyclic esters (lactones) is 1. The third-order valence-electron chi connectivity index (χ3n) is 7.47. The summed E-state index contributed by atoms with van der Waals surface area (Å²) in [5.41, 5.74) is 2.64. The van der Waals surface area contributed by atoms with Gasteiger partial charge < -0.3 is 19.6 Å². The summed E-state index contributed by atoms with van der Waals surface area (Å²) < 4.78 is 6.06. The smallest absolute Gasteiger partial charge is 0.338 e. The van der Waals surface area contributed by atoms with E-state index in [1.54, 1.807) is 12.1 Å². The second-order valence-corrected chi connectivity index (χ2v) is 10.9. The van der Waals surface area contributed by atoms with Gasteiger partial charge in [0.2, 0.25) is 0 Å². The molecule has 2 fully saturated rings. The summed E-state index contributed by atoms with van der Waals surface area (Å²) in [6, 6.07) is 3.34. The van der Waals surface area contributed by atoms with Crippen LogP contribution in [0.5, 0.6) is 5.75 Å². The van der Waals surface area contributed by atoms with E-state index in [9.17, 15) is 14.7 Å². The van der Waals surface area contributed by atoms with E-state index in [4.69, 9.17) is 9.57 Å². The number of allylic oxidation sites excluding steroid dienone is 3. The van der Waals surface area contributed by atoms with Gasteiger partial charge in [-0.3, -0.25) is 4.79 Å². The Kier molecular flexibility index (Phi) is 10.0. The number of likely N-dealkylation sites (tertiary alicyclic amines) is 1. The second kappa shape index (κ2) is 13.6. The summed E-state index contributed by atoms with van der Waals surface area (Å²) in [4.78, 5) is 33.6. The summed E-state index contributed by atoms with van der Waals surface area (Å²) in [6.45, 7) is 5.66. The van der Waals surface area contributed by atoms with Crippen LogP contribution in [0, 0.1) is 5.92 Å². The summed E-state index contributed by atoms with van der Waals surface area (Å²) >= 11 is 0. The number of hydrogen-bond acceptors (Lipinski definition) is 6. The zero-order chi connectivity index (χ0) is 26.9. The van der Waals surface area contributed by atoms with E-state index < -0.39 is 0 Å². The van der Waals surface area contributed by atoms with Gasteiger partial charge in [0.25, 0.3) is 5.91 Å². The van der Waals surface area contributed by atoms with Gasteiger partial charge in [-0.05, 0) is 86.1 Å². The Morgan fingerprint density at radius 2 is 1.95 bits per heavy atom. The standard InChI is InChI=1S/C31H42N2O5/c1-3-9-27-13-8-11-22(2)10-7-12-25(32-37-21-29(35)33-16-5-4-6-17-33)18-24-19-26(34)20-28(23-14-15-23)30(24)31(36)38-27/h7-8,11-12,19-20,22-23,27,34H,3-6,9-10,13-18,21H2,1-2H3/b11-8+,12-7+,32-25-. The lowest BCUT2D eigenvalue weighted by Gasteiger charge is -2.26. The molecule has 7 nitrogen and oxygen atoms in total. The molecule has 1 N–H and O–H groups in total. The number of fused-ring (bicyclic) bond motifs is 1. The molecule has 1 aromatic carbocycles. The van der Waals surface area contributed by atoms with Crippen molar-refractivity contribution in [3.8, 4) is 5.75 Å². The van der Waals surface area contributed by atoms with Gasteiger partial charge in [-0.25, -0.2) is 4.79 Å². The third kappa shape index (κ3) is 7.95. The molecule has 1 saturated carbocycles. The average molecular weight is 523 g/mol. The minimum Gasteiger partial charge on any atom is -0.508 e. The number of benzene rings is 1. The monoisotopic (exact) mass is 522 g/mol. The van der Waals surface area contributed by atoms with Crippen molar-refractivity contribution in [2.24, 2.45) is 11.1 Å². The fourth-order valence-corrected chi connectivity index (χ4v) is 5.25. The molecule has 7 heteroatoms. The van der Waals surface area contributed by atoms with Crippen LogP contribution in [0.15, 0.2) is 41.6 Å². The van der Waals surface area contributed by atoms with Gasteiger partial charge in [-0.2, -0.15) is 0 Å². The van der Waals surface area contributed by atoms with Crippen molar-refractivity contribution in [1.29, 1.82) is 0 Å². The van der Waals surface area contributed by atoms with E-state index >= 15 is 0 Å². The number of piperidine rings is 1. The summed E-state index contributed by atoms with van der Waals surface area (Å²) in [7, 11) is 0. The van der Waals surface area contributed by atoms with Gasteiger partial charge in [-0.1, -0.05) is 43.7 Å². The molecule has 4 rings (SSSR count). The van der Waals surface area contributed by atoms with Gasteiger partial charge in [0.1, 0.15) is 11.9 Å². The van der Waals surface area contributed by atoms with Crippen molar-refractivity contribution in [1.82, 2.24) is 4.90 Å². The SMILES string of the molecule is CCCC1C/C=C/C(C)C/C=C/C(=N/OCC(=O)N2CCCCC2)Cc2cc(O)cc(C3CC3)c2C(=O)O1. The Morgan fingerprint density at radius 3 is 2.68 bits per heavy atom. The minimum atomic E-state index is -0.344. The van der Waals surface area contributed by atoms with Crippen molar-refractivity contribution in [2.45, 2.75) is 90.1 Å². The highest BCUT2D eigenvalue weighted by molar-refractivity contribution is 6.00. The van der Waals surface area contributed by atoms with Crippen LogP contribution in [0.2, 0.25) is 0 Å². The molecular formula is C31H42N2O5. The van der Waals surface area contributed by atoms with Crippen LogP contribution < -0.4 is 0 Å². The molecule has 2 unspecified atom stereocenters. The topological polar surface area (TPSA) is 88.4 Å². The quantitative estimate of drug-likeness (QED) is 0.278. The second-order valence-electron chi connectivity index (χ2n) is 10.9. The molecule has 0 aromatic heterocycles. The number of rotatable bonds is 6. The highest BCUT2D eigenvalue weighted by Gasteiger charge is 2.32. The number of nitrogens with zero attached hydrogens (tertiary/aromatic N) is 2. The van der Waals surface area contributed by atoms with Gasteiger partial charge in [0.05, 0.1) is 11.3 Å². The zero-order valence-electron chi connectivity index (χ0n) is 22.9. The first-order valence-corrected chi connectivity index (χ1v) is 14.3. The molecule has 0 bridgehead atoms. The predicted molar refractivity (Wildman–Crippen MR) is 148 cm³/mol. The maximum Gasteiger partial charge on any atom is 0.338 e. The molecule has 3 aliphatic rings. The lowest BCUT2D eigenvalue weighted by atomic mass is 9.93. The van der Waals surface area contributed by atoms with E-state index in [0.29, 0.717) is 29.2 Å². The van der Waals surface area contributed by atoms with Crippen LogP contribution in [0.1, 0.15) is 99.0 Å². The summed E-state index contributed by atoms with van der Waals surface area (Å²) in [5.74, 6) is 0.293. The van der Waals surface area contributed by atoms with E-state index in [2.05, 4.69) is 37.2 Å². The number of esters is 1. The number of ether oxygens (including phenoxy) is 1. The third-order valence-corrected chi connectivity index (χ3v) is 7.47. The van der Waals surface area contributed by atoms with Crippen LogP contribution in [-0.2, 0) is 20.8 Å². The molecule has 1 saturated heterocycles. The molecule has 38 heavy (non-hydrogen) atoms. The molecular weight excluding hydrogens is 480 g/mol. The molecule has 2 atom stereocenters. The maximum atomic E-state index is 13.6. The molecule has 1 aromatic rings. The van der Waals surface area contributed by atoms with Crippen molar-refractivity contribution in [3.63, 3.8) is 0 Å². The van der Waals surface area contributed by atoms with Crippen LogP contribution in [0.4, 0.5) is 0 Å². The number of carbonyl (C=O) groups is 2. The van der Waals surface area contributed by atoms with Crippen LogP contribution in [-0.4, -0.2) is 53.4 Å². The molecule has 206 valence electrons.